The molecule has 7 heteroatoms. The number of hydrogen-bond acceptors (Lipinski definition) is 3. The second kappa shape index (κ2) is 5.55. The standard InChI is InChI=1S/C10H7ClF2N2O2/c11-2-6-5(1-9(16)17)8(3-14)15-4-7(6)10(12)13/h4,10H,1-2H2,(H,16,17). The van der Waals surface area contributed by atoms with E-state index in [0.717, 1.165) is 6.20 Å². The largest absolute Gasteiger partial charge is 0.481 e. The van der Waals surface area contributed by atoms with E-state index in [-0.39, 0.29) is 22.7 Å². The summed E-state index contributed by atoms with van der Waals surface area (Å²) in [6.45, 7) is 0. The van der Waals surface area contributed by atoms with Crippen LogP contribution in [0.3, 0.4) is 0 Å². The molecule has 4 nitrogen and oxygen atoms in total. The maximum absolute atomic E-state index is 12.6. The molecule has 0 saturated carbocycles. The Morgan fingerprint density at radius 3 is 2.65 bits per heavy atom. The Hall–Kier alpha value is -1.74. The predicted molar refractivity (Wildman–Crippen MR) is 54.8 cm³/mol. The van der Waals surface area contributed by atoms with Crippen LogP contribution >= 0.6 is 11.6 Å². The van der Waals surface area contributed by atoms with E-state index >= 15 is 0 Å². The summed E-state index contributed by atoms with van der Waals surface area (Å²) in [6, 6.07) is 1.66. The van der Waals surface area contributed by atoms with Crippen molar-refractivity contribution < 1.29 is 18.7 Å². The molecule has 90 valence electrons. The number of carboxylic acids is 1. The van der Waals surface area contributed by atoms with E-state index in [1.165, 1.54) is 0 Å². The summed E-state index contributed by atoms with van der Waals surface area (Å²) in [7, 11) is 0. The lowest BCUT2D eigenvalue weighted by atomic mass is 10.00. The lowest BCUT2D eigenvalue weighted by Crippen LogP contribution is -2.10. The summed E-state index contributed by atoms with van der Waals surface area (Å²) in [5.74, 6) is -1.53. The smallest absolute Gasteiger partial charge is 0.307 e. The molecule has 1 aromatic heterocycles. The van der Waals surface area contributed by atoms with Gasteiger partial charge in [-0.15, -0.1) is 11.6 Å². The molecule has 0 bridgehead atoms. The van der Waals surface area contributed by atoms with Crippen LogP contribution in [-0.2, 0) is 17.1 Å². The lowest BCUT2D eigenvalue weighted by Gasteiger charge is -2.11. The van der Waals surface area contributed by atoms with Crippen LogP contribution in [-0.4, -0.2) is 16.1 Å². The molecule has 1 N–H and O–H groups in total. The number of aromatic nitrogens is 1. The number of halogens is 3. The number of aliphatic carboxylic acids is 1. The summed E-state index contributed by atoms with van der Waals surface area (Å²) in [5.41, 5.74) is -0.703. The first-order chi connectivity index (χ1) is 8.01. The second-order valence-corrected chi connectivity index (χ2v) is 3.40. The first kappa shape index (κ1) is 13.3. The van der Waals surface area contributed by atoms with Crippen LogP contribution in [0.5, 0.6) is 0 Å². The molecule has 0 aliphatic heterocycles. The van der Waals surface area contributed by atoms with Crippen LogP contribution in [0.25, 0.3) is 0 Å². The zero-order valence-electron chi connectivity index (χ0n) is 8.45. The predicted octanol–water partition coefficient (Wildman–Crippen LogP) is 2.26. The van der Waals surface area contributed by atoms with Gasteiger partial charge in [0.05, 0.1) is 6.42 Å². The number of nitriles is 1. The van der Waals surface area contributed by atoms with E-state index in [4.69, 9.17) is 22.0 Å². The van der Waals surface area contributed by atoms with Crippen LogP contribution in [0.1, 0.15) is 28.8 Å². The topological polar surface area (TPSA) is 74.0 Å². The van der Waals surface area contributed by atoms with Gasteiger partial charge in [0, 0.05) is 23.2 Å². The van der Waals surface area contributed by atoms with Gasteiger partial charge < -0.3 is 5.11 Å². The summed E-state index contributed by atoms with van der Waals surface area (Å²) >= 11 is 5.53. The van der Waals surface area contributed by atoms with Crippen molar-refractivity contribution in [1.82, 2.24) is 4.98 Å². The van der Waals surface area contributed by atoms with Gasteiger partial charge in [-0.1, -0.05) is 0 Å². The molecule has 0 unspecified atom stereocenters. The quantitative estimate of drug-likeness (QED) is 0.843. The maximum atomic E-state index is 12.6. The van der Waals surface area contributed by atoms with Crippen LogP contribution in [0.2, 0.25) is 0 Å². The third-order valence-corrected chi connectivity index (χ3v) is 2.40. The molecule has 17 heavy (non-hydrogen) atoms. The van der Waals surface area contributed by atoms with Crippen LogP contribution in [0.15, 0.2) is 6.20 Å². The molecule has 0 saturated heterocycles. The number of carboxylic acid groups (broad SMARTS) is 1. The number of alkyl halides is 3. The fourth-order valence-corrected chi connectivity index (χ4v) is 1.71. The molecular weight excluding hydrogens is 254 g/mol. The summed E-state index contributed by atoms with van der Waals surface area (Å²) in [4.78, 5) is 14.1. The van der Waals surface area contributed by atoms with Crippen LogP contribution < -0.4 is 0 Å². The second-order valence-electron chi connectivity index (χ2n) is 3.14. The molecule has 0 amide bonds. The number of rotatable bonds is 4. The number of carbonyl (C=O) groups is 1. The van der Waals surface area contributed by atoms with Crippen LogP contribution in [0, 0.1) is 11.3 Å². The Balaban J connectivity index is 3.44. The van der Waals surface area contributed by atoms with Crippen molar-refractivity contribution in [3.05, 3.63) is 28.6 Å². The third-order valence-electron chi connectivity index (χ3n) is 2.13. The van der Waals surface area contributed by atoms with Crippen molar-refractivity contribution >= 4 is 17.6 Å². The first-order valence-electron chi connectivity index (χ1n) is 4.47. The van der Waals surface area contributed by atoms with Gasteiger partial charge in [-0.3, -0.25) is 4.79 Å². The molecule has 0 atom stereocenters. The fraction of sp³-hybridized carbons (Fsp3) is 0.300. The Kier molecular flexibility index (Phi) is 4.35. The van der Waals surface area contributed by atoms with E-state index in [9.17, 15) is 13.6 Å². The highest BCUT2D eigenvalue weighted by atomic mass is 35.5. The highest BCUT2D eigenvalue weighted by Gasteiger charge is 2.21. The Morgan fingerprint density at radius 1 is 1.59 bits per heavy atom. The minimum atomic E-state index is -2.81. The van der Waals surface area contributed by atoms with Crippen molar-refractivity contribution in [3.63, 3.8) is 0 Å². The molecule has 1 rings (SSSR count). The maximum Gasteiger partial charge on any atom is 0.307 e. The van der Waals surface area contributed by atoms with Gasteiger partial charge in [-0.05, 0) is 5.56 Å². The molecule has 0 aliphatic rings. The van der Waals surface area contributed by atoms with Gasteiger partial charge >= 0.3 is 5.97 Å². The van der Waals surface area contributed by atoms with Gasteiger partial charge in [-0.25, -0.2) is 13.8 Å². The summed E-state index contributed by atoms with van der Waals surface area (Å²) < 4.78 is 25.3. The van der Waals surface area contributed by atoms with E-state index in [1.807, 2.05) is 0 Å². The number of nitrogens with zero attached hydrogens (tertiary/aromatic N) is 2. The summed E-state index contributed by atoms with van der Waals surface area (Å²) in [6.07, 6.45) is -2.51. The van der Waals surface area contributed by atoms with E-state index < -0.39 is 24.4 Å². The SMILES string of the molecule is N#Cc1ncc(C(F)F)c(CCl)c1CC(=O)O. The average Bonchev–Trinajstić information content (AvgIpc) is 2.27. The fourth-order valence-electron chi connectivity index (χ4n) is 1.39. The lowest BCUT2D eigenvalue weighted by molar-refractivity contribution is -0.136. The molecule has 0 aliphatic carbocycles. The molecule has 1 heterocycles. The van der Waals surface area contributed by atoms with E-state index in [2.05, 4.69) is 4.98 Å². The molecule has 0 aromatic carbocycles. The monoisotopic (exact) mass is 260 g/mol. The first-order valence-corrected chi connectivity index (χ1v) is 5.01. The molecule has 0 radical (unpaired) electrons. The van der Waals surface area contributed by atoms with E-state index in [0.29, 0.717) is 0 Å². The average molecular weight is 261 g/mol. The minimum Gasteiger partial charge on any atom is -0.481 e. The number of hydrogen-bond donors (Lipinski definition) is 1. The molecule has 0 fully saturated rings. The van der Waals surface area contributed by atoms with Gasteiger partial charge in [0.1, 0.15) is 11.8 Å². The zero-order chi connectivity index (χ0) is 13.0. The third kappa shape index (κ3) is 2.88. The summed E-state index contributed by atoms with van der Waals surface area (Å²) in [5, 5.41) is 17.4. The van der Waals surface area contributed by atoms with E-state index in [1.54, 1.807) is 6.07 Å². The van der Waals surface area contributed by atoms with Crippen LogP contribution in [0.4, 0.5) is 8.78 Å². The van der Waals surface area contributed by atoms with Gasteiger partial charge in [0.2, 0.25) is 0 Å². The Bertz CT molecular complexity index is 486. The minimum absolute atomic E-state index is 0.0318. The zero-order valence-corrected chi connectivity index (χ0v) is 9.21. The normalized spacial score (nSPS) is 10.3. The highest BCUT2D eigenvalue weighted by molar-refractivity contribution is 6.17. The highest BCUT2D eigenvalue weighted by Crippen LogP contribution is 2.28. The molecule has 0 spiro atoms. The Morgan fingerprint density at radius 2 is 2.24 bits per heavy atom. The van der Waals surface area contributed by atoms with Gasteiger partial charge in [0.15, 0.2) is 0 Å². The number of pyridine rings is 1. The molecular formula is C10H7ClF2N2O2. The van der Waals surface area contributed by atoms with Crippen molar-refractivity contribution in [2.75, 3.05) is 0 Å². The Labute approximate surface area is 100 Å². The van der Waals surface area contributed by atoms with Crippen molar-refractivity contribution in [2.24, 2.45) is 0 Å². The van der Waals surface area contributed by atoms with Crippen molar-refractivity contribution in [1.29, 1.82) is 5.26 Å². The van der Waals surface area contributed by atoms with Crippen molar-refractivity contribution in [3.8, 4) is 6.07 Å². The molecule has 1 aromatic rings. The van der Waals surface area contributed by atoms with Gasteiger partial charge in [0.25, 0.3) is 6.43 Å². The van der Waals surface area contributed by atoms with Crippen molar-refractivity contribution in [2.45, 2.75) is 18.7 Å². The van der Waals surface area contributed by atoms with Gasteiger partial charge in [-0.2, -0.15) is 5.26 Å².